The number of nitrogens with zero attached hydrogens (tertiary/aromatic N) is 1. The van der Waals surface area contributed by atoms with Crippen molar-refractivity contribution in [2.45, 2.75) is 38.5 Å². The standard InChI is InChI=1S/C11H13BrFN/c1-6(2)8-5-14-11(12)10(13)9(8)7-3-4-7/h5-7H,3-4H2,1-2H3. The van der Waals surface area contributed by atoms with Crippen molar-refractivity contribution >= 4 is 15.9 Å². The van der Waals surface area contributed by atoms with Gasteiger partial charge in [0.2, 0.25) is 0 Å². The van der Waals surface area contributed by atoms with Crippen LogP contribution in [-0.2, 0) is 0 Å². The SMILES string of the molecule is CC(C)c1cnc(Br)c(F)c1C1CC1. The van der Waals surface area contributed by atoms with Crippen molar-refractivity contribution in [2.75, 3.05) is 0 Å². The molecule has 1 fully saturated rings. The molecule has 0 spiro atoms. The second-order valence-electron chi connectivity index (χ2n) is 4.16. The van der Waals surface area contributed by atoms with Gasteiger partial charge in [0, 0.05) is 6.20 Å². The molecule has 2 rings (SSSR count). The zero-order valence-electron chi connectivity index (χ0n) is 8.35. The number of hydrogen-bond acceptors (Lipinski definition) is 1. The molecule has 1 aromatic heterocycles. The summed E-state index contributed by atoms with van der Waals surface area (Å²) < 4.78 is 14.2. The van der Waals surface area contributed by atoms with Crippen LogP contribution in [-0.4, -0.2) is 4.98 Å². The van der Waals surface area contributed by atoms with Crippen LogP contribution in [0.15, 0.2) is 10.8 Å². The highest BCUT2D eigenvalue weighted by atomic mass is 79.9. The lowest BCUT2D eigenvalue weighted by Gasteiger charge is -2.13. The Morgan fingerprint density at radius 2 is 2.14 bits per heavy atom. The van der Waals surface area contributed by atoms with Crippen LogP contribution in [0.1, 0.15) is 49.7 Å². The van der Waals surface area contributed by atoms with Gasteiger partial charge in [-0.05, 0) is 51.7 Å². The molecule has 0 unspecified atom stereocenters. The molecular weight excluding hydrogens is 245 g/mol. The molecule has 0 N–H and O–H groups in total. The highest BCUT2D eigenvalue weighted by molar-refractivity contribution is 9.10. The van der Waals surface area contributed by atoms with Crippen LogP contribution in [0.3, 0.4) is 0 Å². The molecule has 0 atom stereocenters. The Labute approximate surface area is 91.9 Å². The number of rotatable bonds is 2. The van der Waals surface area contributed by atoms with E-state index >= 15 is 0 Å². The normalized spacial score (nSPS) is 16.4. The first-order valence-corrected chi connectivity index (χ1v) is 5.74. The van der Waals surface area contributed by atoms with Gasteiger partial charge in [-0.3, -0.25) is 0 Å². The molecule has 14 heavy (non-hydrogen) atoms. The summed E-state index contributed by atoms with van der Waals surface area (Å²) in [4.78, 5) is 4.01. The third-order valence-corrected chi connectivity index (χ3v) is 3.21. The van der Waals surface area contributed by atoms with Crippen molar-refractivity contribution in [3.8, 4) is 0 Å². The maximum Gasteiger partial charge on any atom is 0.159 e. The molecule has 0 bridgehead atoms. The summed E-state index contributed by atoms with van der Waals surface area (Å²) in [5.74, 6) is 0.631. The second-order valence-corrected chi connectivity index (χ2v) is 4.91. The lowest BCUT2D eigenvalue weighted by atomic mass is 9.96. The Morgan fingerprint density at radius 1 is 1.50 bits per heavy atom. The van der Waals surface area contributed by atoms with Crippen LogP contribution in [0.4, 0.5) is 4.39 Å². The lowest BCUT2D eigenvalue weighted by Crippen LogP contribution is -2.01. The van der Waals surface area contributed by atoms with Gasteiger partial charge < -0.3 is 0 Å². The summed E-state index contributed by atoms with van der Waals surface area (Å²) in [5.41, 5.74) is 1.95. The van der Waals surface area contributed by atoms with Crippen molar-refractivity contribution in [2.24, 2.45) is 0 Å². The van der Waals surface area contributed by atoms with E-state index in [2.05, 4.69) is 34.8 Å². The van der Waals surface area contributed by atoms with Gasteiger partial charge in [-0.25, -0.2) is 9.37 Å². The molecule has 0 aromatic carbocycles. The van der Waals surface area contributed by atoms with Crippen LogP contribution in [0.5, 0.6) is 0 Å². The van der Waals surface area contributed by atoms with Gasteiger partial charge in [0.25, 0.3) is 0 Å². The minimum absolute atomic E-state index is 0.154. The van der Waals surface area contributed by atoms with Gasteiger partial charge in [0.05, 0.1) is 0 Å². The van der Waals surface area contributed by atoms with E-state index in [1.165, 1.54) is 0 Å². The molecule has 3 heteroatoms. The molecule has 0 amide bonds. The number of hydrogen-bond donors (Lipinski definition) is 0. The average Bonchev–Trinajstić information content (AvgIpc) is 2.92. The fourth-order valence-electron chi connectivity index (χ4n) is 1.74. The van der Waals surface area contributed by atoms with Gasteiger partial charge in [-0.1, -0.05) is 13.8 Å². The zero-order chi connectivity index (χ0) is 10.3. The minimum Gasteiger partial charge on any atom is -0.246 e. The Balaban J connectivity index is 2.54. The number of pyridine rings is 1. The Kier molecular flexibility index (Phi) is 2.60. The molecule has 0 aliphatic heterocycles. The molecule has 0 radical (unpaired) electrons. The van der Waals surface area contributed by atoms with E-state index < -0.39 is 0 Å². The molecule has 1 saturated carbocycles. The van der Waals surface area contributed by atoms with Crippen LogP contribution in [0.2, 0.25) is 0 Å². The molecule has 1 aliphatic carbocycles. The van der Waals surface area contributed by atoms with E-state index in [1.54, 1.807) is 6.20 Å². The Bertz CT molecular complexity index is 359. The van der Waals surface area contributed by atoms with Gasteiger partial charge >= 0.3 is 0 Å². The Morgan fingerprint density at radius 3 is 2.64 bits per heavy atom. The number of aromatic nitrogens is 1. The lowest BCUT2D eigenvalue weighted by molar-refractivity contribution is 0.588. The largest absolute Gasteiger partial charge is 0.246 e. The topological polar surface area (TPSA) is 12.9 Å². The monoisotopic (exact) mass is 257 g/mol. The highest BCUT2D eigenvalue weighted by Gasteiger charge is 2.31. The fourth-order valence-corrected chi connectivity index (χ4v) is 2.05. The second kappa shape index (κ2) is 3.61. The highest BCUT2D eigenvalue weighted by Crippen LogP contribution is 2.45. The molecule has 76 valence electrons. The van der Waals surface area contributed by atoms with Crippen molar-refractivity contribution in [3.63, 3.8) is 0 Å². The summed E-state index contributed by atoms with van der Waals surface area (Å²) >= 11 is 3.14. The smallest absolute Gasteiger partial charge is 0.159 e. The predicted molar refractivity (Wildman–Crippen MR) is 58.0 cm³/mol. The van der Waals surface area contributed by atoms with Gasteiger partial charge in [-0.15, -0.1) is 0 Å². The first-order chi connectivity index (χ1) is 6.61. The van der Waals surface area contributed by atoms with E-state index in [1.807, 2.05) is 0 Å². The summed E-state index contributed by atoms with van der Waals surface area (Å²) in [7, 11) is 0. The maximum absolute atomic E-state index is 13.8. The van der Waals surface area contributed by atoms with Crippen LogP contribution in [0.25, 0.3) is 0 Å². The quantitative estimate of drug-likeness (QED) is 0.731. The van der Waals surface area contributed by atoms with Crippen molar-refractivity contribution in [1.29, 1.82) is 0 Å². The van der Waals surface area contributed by atoms with Crippen LogP contribution < -0.4 is 0 Å². The van der Waals surface area contributed by atoms with Crippen LogP contribution in [0, 0.1) is 5.82 Å². The summed E-state index contributed by atoms with van der Waals surface area (Å²) in [6.07, 6.45) is 4.03. The third kappa shape index (κ3) is 1.70. The van der Waals surface area contributed by atoms with E-state index in [0.29, 0.717) is 16.4 Å². The van der Waals surface area contributed by atoms with Crippen molar-refractivity contribution < 1.29 is 4.39 Å². The molecule has 1 nitrogen and oxygen atoms in total. The van der Waals surface area contributed by atoms with Crippen molar-refractivity contribution in [1.82, 2.24) is 4.98 Å². The molecule has 1 heterocycles. The molecule has 1 aromatic rings. The zero-order valence-corrected chi connectivity index (χ0v) is 9.94. The van der Waals surface area contributed by atoms with Crippen molar-refractivity contribution in [3.05, 3.63) is 27.7 Å². The van der Waals surface area contributed by atoms with E-state index in [4.69, 9.17) is 0 Å². The summed E-state index contributed by atoms with van der Waals surface area (Å²) in [6.45, 7) is 4.16. The van der Waals surface area contributed by atoms with Gasteiger partial charge in [-0.2, -0.15) is 0 Å². The molecular formula is C11H13BrFN. The van der Waals surface area contributed by atoms with Gasteiger partial charge in [0.1, 0.15) is 4.60 Å². The first-order valence-electron chi connectivity index (χ1n) is 4.95. The maximum atomic E-state index is 13.8. The third-order valence-electron chi connectivity index (χ3n) is 2.65. The fraction of sp³-hybridized carbons (Fsp3) is 0.545. The summed E-state index contributed by atoms with van der Waals surface area (Å²) in [5, 5.41) is 0. The molecule has 1 aliphatic rings. The van der Waals surface area contributed by atoms with Crippen LogP contribution >= 0.6 is 15.9 Å². The average molecular weight is 258 g/mol. The first kappa shape index (κ1) is 10.1. The van der Waals surface area contributed by atoms with E-state index in [9.17, 15) is 4.39 Å². The van der Waals surface area contributed by atoms with E-state index in [-0.39, 0.29) is 5.82 Å². The Hall–Kier alpha value is -0.440. The predicted octanol–water partition coefficient (Wildman–Crippen LogP) is 3.98. The summed E-state index contributed by atoms with van der Waals surface area (Å²) in [6, 6.07) is 0. The molecule has 0 saturated heterocycles. The van der Waals surface area contributed by atoms with E-state index in [0.717, 1.165) is 24.0 Å². The van der Waals surface area contributed by atoms with Gasteiger partial charge in [0.15, 0.2) is 5.82 Å². The minimum atomic E-state index is -0.154. The number of halogens is 2.